The maximum absolute atomic E-state index is 5.82. The van der Waals surface area contributed by atoms with Gasteiger partial charge in [0.1, 0.15) is 0 Å². The minimum atomic E-state index is 0.794. The van der Waals surface area contributed by atoms with E-state index in [-0.39, 0.29) is 0 Å². The lowest BCUT2D eigenvalue weighted by atomic mass is 10.0. The standard InChI is InChI=1S/C9H9BrCl/c1-7(6-10)8-3-2-4-9(11)5-8/h2-5H,6H2,1H3. The molecule has 59 valence electrons. The maximum atomic E-state index is 5.82. The third kappa shape index (κ3) is 2.49. The molecule has 0 aromatic heterocycles. The fraction of sp³-hybridized carbons (Fsp3) is 0.222. The Kier molecular flexibility index (Phi) is 3.41. The van der Waals surface area contributed by atoms with E-state index < -0.39 is 0 Å². The Morgan fingerprint density at radius 1 is 1.55 bits per heavy atom. The molecule has 0 bridgehead atoms. The topological polar surface area (TPSA) is 0 Å². The molecule has 2 heteroatoms. The van der Waals surface area contributed by atoms with Crippen LogP contribution >= 0.6 is 27.5 Å². The van der Waals surface area contributed by atoms with E-state index in [1.165, 1.54) is 11.5 Å². The van der Waals surface area contributed by atoms with E-state index >= 15 is 0 Å². The predicted octanol–water partition coefficient (Wildman–Crippen LogP) is 3.68. The molecule has 0 aliphatic carbocycles. The summed E-state index contributed by atoms with van der Waals surface area (Å²) in [5.74, 6) is 1.30. The van der Waals surface area contributed by atoms with Gasteiger partial charge < -0.3 is 0 Å². The number of hydrogen-bond donors (Lipinski definition) is 0. The van der Waals surface area contributed by atoms with E-state index in [2.05, 4.69) is 28.9 Å². The Morgan fingerprint density at radius 2 is 2.27 bits per heavy atom. The summed E-state index contributed by atoms with van der Waals surface area (Å²) in [6.07, 6.45) is 0. The third-order valence-electron chi connectivity index (χ3n) is 1.52. The van der Waals surface area contributed by atoms with Crippen LogP contribution in [0.4, 0.5) is 0 Å². The zero-order valence-electron chi connectivity index (χ0n) is 6.27. The molecule has 0 saturated heterocycles. The summed E-state index contributed by atoms with van der Waals surface area (Å²) >= 11 is 9.21. The molecule has 0 nitrogen and oxygen atoms in total. The lowest BCUT2D eigenvalue weighted by molar-refractivity contribution is 1.17. The molecule has 1 aromatic rings. The Hall–Kier alpha value is -0.0100. The molecule has 0 aliphatic heterocycles. The van der Waals surface area contributed by atoms with Crippen molar-refractivity contribution in [2.24, 2.45) is 0 Å². The summed E-state index contributed by atoms with van der Waals surface area (Å²) in [7, 11) is 0. The molecule has 0 amide bonds. The number of hydrogen-bond acceptors (Lipinski definition) is 0. The zero-order chi connectivity index (χ0) is 8.27. The van der Waals surface area contributed by atoms with Crippen molar-refractivity contribution in [3.05, 3.63) is 40.8 Å². The zero-order valence-corrected chi connectivity index (χ0v) is 8.61. The first-order valence-corrected chi connectivity index (χ1v) is 4.88. The van der Waals surface area contributed by atoms with Crippen LogP contribution in [0.3, 0.4) is 0 Å². The Labute approximate surface area is 80.7 Å². The van der Waals surface area contributed by atoms with E-state index in [9.17, 15) is 0 Å². The highest BCUT2D eigenvalue weighted by Gasteiger charge is 2.03. The molecule has 1 rings (SSSR count). The maximum Gasteiger partial charge on any atom is 0.0408 e. The Bertz CT molecular complexity index is 235. The van der Waals surface area contributed by atoms with Gasteiger partial charge in [0.2, 0.25) is 0 Å². The van der Waals surface area contributed by atoms with Gasteiger partial charge in [-0.15, -0.1) is 0 Å². The quantitative estimate of drug-likeness (QED) is 0.683. The van der Waals surface area contributed by atoms with Crippen LogP contribution in [0.25, 0.3) is 0 Å². The van der Waals surface area contributed by atoms with Crippen molar-refractivity contribution >= 4 is 27.5 Å². The van der Waals surface area contributed by atoms with Gasteiger partial charge in [0.15, 0.2) is 0 Å². The first kappa shape index (κ1) is 9.08. The lowest BCUT2D eigenvalue weighted by Crippen LogP contribution is -1.94. The first-order valence-electron chi connectivity index (χ1n) is 3.38. The summed E-state index contributed by atoms with van der Waals surface area (Å²) in [6, 6.07) is 7.87. The molecule has 11 heavy (non-hydrogen) atoms. The van der Waals surface area contributed by atoms with Crippen molar-refractivity contribution in [2.75, 3.05) is 5.33 Å². The SMILES string of the molecule is C[C](CBr)c1cccc(Cl)c1. The van der Waals surface area contributed by atoms with Crippen LogP contribution in [-0.2, 0) is 0 Å². The van der Waals surface area contributed by atoms with Gasteiger partial charge in [-0.2, -0.15) is 0 Å². The molecular weight excluding hydrogens is 223 g/mol. The summed E-state index contributed by atoms with van der Waals surface area (Å²) < 4.78 is 0. The molecule has 0 saturated carbocycles. The highest BCUT2D eigenvalue weighted by molar-refractivity contribution is 9.09. The van der Waals surface area contributed by atoms with Crippen LogP contribution in [0.2, 0.25) is 5.02 Å². The summed E-state index contributed by atoms with van der Waals surface area (Å²) in [6.45, 7) is 2.08. The van der Waals surface area contributed by atoms with Crippen molar-refractivity contribution in [1.82, 2.24) is 0 Å². The Balaban J connectivity index is 2.86. The molecule has 0 atom stereocenters. The smallest absolute Gasteiger partial charge is 0.0408 e. The average Bonchev–Trinajstić information content (AvgIpc) is 2.03. The number of halogens is 2. The molecule has 0 N–H and O–H groups in total. The molecule has 0 fully saturated rings. The number of rotatable bonds is 2. The lowest BCUT2D eigenvalue weighted by Gasteiger charge is -2.06. The highest BCUT2D eigenvalue weighted by Crippen LogP contribution is 2.19. The minimum absolute atomic E-state index is 0.794. The van der Waals surface area contributed by atoms with Gasteiger partial charge in [-0.3, -0.25) is 0 Å². The van der Waals surface area contributed by atoms with Crippen molar-refractivity contribution in [1.29, 1.82) is 0 Å². The van der Waals surface area contributed by atoms with Gasteiger partial charge in [0.05, 0.1) is 0 Å². The van der Waals surface area contributed by atoms with Crippen LogP contribution in [0.1, 0.15) is 12.5 Å². The van der Waals surface area contributed by atoms with Crippen LogP contribution in [0, 0.1) is 5.92 Å². The van der Waals surface area contributed by atoms with Gasteiger partial charge in [-0.25, -0.2) is 0 Å². The molecule has 0 aliphatic rings. The largest absolute Gasteiger partial charge is 0.0918 e. The van der Waals surface area contributed by atoms with Crippen LogP contribution in [0.5, 0.6) is 0 Å². The van der Waals surface area contributed by atoms with Gasteiger partial charge in [-0.05, 0) is 17.7 Å². The molecule has 1 aromatic carbocycles. The summed E-state index contributed by atoms with van der Waals surface area (Å²) in [4.78, 5) is 0. The van der Waals surface area contributed by atoms with E-state index in [4.69, 9.17) is 11.6 Å². The number of alkyl halides is 1. The van der Waals surface area contributed by atoms with E-state index in [0.29, 0.717) is 0 Å². The Morgan fingerprint density at radius 3 is 2.82 bits per heavy atom. The second-order valence-corrected chi connectivity index (χ2v) is 3.42. The second kappa shape index (κ2) is 4.13. The molecule has 0 unspecified atom stereocenters. The number of benzene rings is 1. The van der Waals surface area contributed by atoms with E-state index in [1.807, 2.05) is 18.2 Å². The fourth-order valence-electron chi connectivity index (χ4n) is 0.831. The van der Waals surface area contributed by atoms with Gasteiger partial charge >= 0.3 is 0 Å². The van der Waals surface area contributed by atoms with E-state index in [1.54, 1.807) is 0 Å². The molecule has 0 heterocycles. The highest BCUT2D eigenvalue weighted by atomic mass is 79.9. The monoisotopic (exact) mass is 231 g/mol. The third-order valence-corrected chi connectivity index (χ3v) is 2.59. The first-order chi connectivity index (χ1) is 5.24. The molecule has 1 radical (unpaired) electrons. The summed E-state index contributed by atoms with van der Waals surface area (Å²) in [5, 5.41) is 1.69. The van der Waals surface area contributed by atoms with Crippen LogP contribution in [0.15, 0.2) is 24.3 Å². The van der Waals surface area contributed by atoms with Gasteiger partial charge in [0, 0.05) is 16.3 Å². The predicted molar refractivity (Wildman–Crippen MR) is 53.3 cm³/mol. The fourth-order valence-corrected chi connectivity index (χ4v) is 1.35. The van der Waals surface area contributed by atoms with Gasteiger partial charge in [-0.1, -0.05) is 46.6 Å². The normalized spacial score (nSPS) is 10.5. The van der Waals surface area contributed by atoms with Crippen molar-refractivity contribution in [2.45, 2.75) is 6.92 Å². The van der Waals surface area contributed by atoms with Crippen LogP contribution in [-0.4, -0.2) is 5.33 Å². The van der Waals surface area contributed by atoms with Crippen molar-refractivity contribution in [3.8, 4) is 0 Å². The van der Waals surface area contributed by atoms with Crippen LogP contribution < -0.4 is 0 Å². The second-order valence-electron chi connectivity index (χ2n) is 2.42. The minimum Gasteiger partial charge on any atom is -0.0918 e. The van der Waals surface area contributed by atoms with Crippen molar-refractivity contribution in [3.63, 3.8) is 0 Å². The summed E-state index contributed by atoms with van der Waals surface area (Å²) in [5.41, 5.74) is 1.20. The van der Waals surface area contributed by atoms with E-state index in [0.717, 1.165) is 10.4 Å². The van der Waals surface area contributed by atoms with Crippen molar-refractivity contribution < 1.29 is 0 Å². The average molecular weight is 233 g/mol. The molecular formula is C9H9BrCl. The van der Waals surface area contributed by atoms with Gasteiger partial charge in [0.25, 0.3) is 0 Å². The molecule has 0 spiro atoms.